The predicted octanol–water partition coefficient (Wildman–Crippen LogP) is 1.19. The predicted molar refractivity (Wildman–Crippen MR) is 85.4 cm³/mol. The molecule has 2 aromatic rings. The van der Waals surface area contributed by atoms with Gasteiger partial charge in [-0.25, -0.2) is 0 Å². The highest BCUT2D eigenvalue weighted by atomic mass is 16.5. The highest BCUT2D eigenvalue weighted by molar-refractivity contribution is 5.23. The van der Waals surface area contributed by atoms with E-state index in [2.05, 4.69) is 21.0 Å². The second-order valence-electron chi connectivity index (χ2n) is 5.82. The van der Waals surface area contributed by atoms with Crippen LogP contribution in [0.2, 0.25) is 0 Å². The maximum atomic E-state index is 5.70. The second kappa shape index (κ2) is 6.89. The Morgan fingerprint density at radius 1 is 1.41 bits per heavy atom. The molecule has 0 bridgehead atoms. The lowest BCUT2D eigenvalue weighted by molar-refractivity contribution is 0.108. The Morgan fingerprint density at radius 2 is 2.32 bits per heavy atom. The molecule has 0 unspecified atom stereocenters. The van der Waals surface area contributed by atoms with E-state index in [0.29, 0.717) is 18.0 Å². The number of aromatic nitrogens is 3. The molecule has 1 aliphatic heterocycles. The zero-order valence-corrected chi connectivity index (χ0v) is 12.9. The zero-order valence-electron chi connectivity index (χ0n) is 12.9. The summed E-state index contributed by atoms with van der Waals surface area (Å²) in [6.07, 6.45) is 8.02. The van der Waals surface area contributed by atoms with Gasteiger partial charge in [-0.05, 0) is 30.5 Å². The van der Waals surface area contributed by atoms with E-state index in [1.54, 1.807) is 7.11 Å². The third-order valence-electron chi connectivity index (χ3n) is 4.29. The van der Waals surface area contributed by atoms with Crippen LogP contribution >= 0.6 is 0 Å². The Hall–Kier alpha value is -1.92. The highest BCUT2D eigenvalue weighted by Gasteiger charge is 2.32. The summed E-state index contributed by atoms with van der Waals surface area (Å²) in [6, 6.07) is 6.38. The monoisotopic (exact) mass is 301 g/mol. The lowest BCUT2D eigenvalue weighted by atomic mass is 10.1. The normalized spacial score (nSPS) is 22.2. The van der Waals surface area contributed by atoms with Gasteiger partial charge in [0.2, 0.25) is 0 Å². The molecule has 0 aliphatic carbocycles. The number of anilines is 1. The minimum absolute atomic E-state index is 0.298. The van der Waals surface area contributed by atoms with E-state index in [1.165, 1.54) is 5.56 Å². The molecule has 118 valence electrons. The summed E-state index contributed by atoms with van der Waals surface area (Å²) >= 11 is 0. The van der Waals surface area contributed by atoms with Gasteiger partial charge in [0.25, 0.3) is 0 Å². The minimum Gasteiger partial charge on any atom is -0.382 e. The molecule has 3 heterocycles. The molecule has 2 N–H and O–H groups in total. The molecule has 3 rings (SSSR count). The Kier molecular flexibility index (Phi) is 4.70. The van der Waals surface area contributed by atoms with Crippen LogP contribution in [0.3, 0.4) is 0 Å². The van der Waals surface area contributed by atoms with E-state index in [1.807, 2.05) is 35.4 Å². The van der Waals surface area contributed by atoms with E-state index in [0.717, 1.165) is 32.5 Å². The van der Waals surface area contributed by atoms with Crippen molar-refractivity contribution in [2.24, 2.45) is 0 Å². The van der Waals surface area contributed by atoms with Crippen LogP contribution in [0.25, 0.3) is 0 Å². The number of hydrogen-bond acceptors (Lipinski definition) is 5. The van der Waals surface area contributed by atoms with Crippen LogP contribution in [0, 0.1) is 0 Å². The number of pyridine rings is 1. The largest absolute Gasteiger partial charge is 0.382 e. The van der Waals surface area contributed by atoms with Crippen LogP contribution < -0.4 is 5.73 Å². The van der Waals surface area contributed by atoms with Crippen molar-refractivity contribution in [3.05, 3.63) is 42.4 Å². The summed E-state index contributed by atoms with van der Waals surface area (Å²) in [4.78, 5) is 6.66. The topological polar surface area (TPSA) is 69.2 Å². The number of likely N-dealkylation sites (tertiary alicyclic amines) is 1. The van der Waals surface area contributed by atoms with E-state index in [9.17, 15) is 0 Å². The Bertz CT molecular complexity index is 585. The fourth-order valence-electron chi connectivity index (χ4n) is 3.09. The number of hydrogen-bond donors (Lipinski definition) is 1. The first-order valence-electron chi connectivity index (χ1n) is 7.69. The molecular formula is C16H23N5O. The van der Waals surface area contributed by atoms with Gasteiger partial charge in [-0.3, -0.25) is 14.6 Å². The van der Waals surface area contributed by atoms with Crippen molar-refractivity contribution in [3.8, 4) is 0 Å². The van der Waals surface area contributed by atoms with Crippen LogP contribution in [-0.4, -0.2) is 52.0 Å². The third kappa shape index (κ3) is 3.64. The summed E-state index contributed by atoms with van der Waals surface area (Å²) in [5, 5.41) is 4.29. The number of nitrogens with zero attached hydrogens (tertiary/aromatic N) is 4. The Morgan fingerprint density at radius 3 is 3.00 bits per heavy atom. The lowest BCUT2D eigenvalue weighted by Gasteiger charge is -2.24. The summed E-state index contributed by atoms with van der Waals surface area (Å²) in [6.45, 7) is 2.83. The summed E-state index contributed by atoms with van der Waals surface area (Å²) in [5.41, 5.74) is 6.97. The Balaban J connectivity index is 1.61. The van der Waals surface area contributed by atoms with Crippen molar-refractivity contribution in [2.75, 3.05) is 25.9 Å². The molecule has 1 aliphatic rings. The van der Waals surface area contributed by atoms with Crippen molar-refractivity contribution in [1.29, 1.82) is 0 Å². The van der Waals surface area contributed by atoms with E-state index >= 15 is 0 Å². The summed E-state index contributed by atoms with van der Waals surface area (Å²) in [5.74, 6) is 0.572. The molecule has 2 atom stereocenters. The fourth-order valence-corrected chi connectivity index (χ4v) is 3.09. The SMILES string of the molecule is CO[C@@H]1C[C@@H](Cn2ccc(N)n2)N(CCc2cccnc2)C1. The molecule has 0 aromatic carbocycles. The van der Waals surface area contributed by atoms with Crippen molar-refractivity contribution in [2.45, 2.75) is 31.5 Å². The average Bonchev–Trinajstić information content (AvgIpc) is 3.13. The van der Waals surface area contributed by atoms with Gasteiger partial charge in [0.1, 0.15) is 5.82 Å². The highest BCUT2D eigenvalue weighted by Crippen LogP contribution is 2.22. The van der Waals surface area contributed by atoms with Crippen molar-refractivity contribution < 1.29 is 4.74 Å². The van der Waals surface area contributed by atoms with Gasteiger partial charge in [0.15, 0.2) is 0 Å². The average molecular weight is 301 g/mol. The van der Waals surface area contributed by atoms with Crippen LogP contribution in [-0.2, 0) is 17.7 Å². The van der Waals surface area contributed by atoms with Crippen LogP contribution in [0.15, 0.2) is 36.8 Å². The molecule has 0 saturated carbocycles. The molecule has 2 aromatic heterocycles. The first-order chi connectivity index (χ1) is 10.7. The molecule has 1 saturated heterocycles. The fraction of sp³-hybridized carbons (Fsp3) is 0.500. The second-order valence-corrected chi connectivity index (χ2v) is 5.82. The van der Waals surface area contributed by atoms with Crippen LogP contribution in [0.1, 0.15) is 12.0 Å². The van der Waals surface area contributed by atoms with Gasteiger partial charge >= 0.3 is 0 Å². The van der Waals surface area contributed by atoms with E-state index in [4.69, 9.17) is 10.5 Å². The molecule has 0 spiro atoms. The smallest absolute Gasteiger partial charge is 0.145 e. The van der Waals surface area contributed by atoms with Gasteiger partial charge in [0, 0.05) is 44.8 Å². The van der Waals surface area contributed by atoms with Gasteiger partial charge in [-0.2, -0.15) is 5.10 Å². The molecule has 6 heteroatoms. The van der Waals surface area contributed by atoms with Gasteiger partial charge in [0.05, 0.1) is 12.6 Å². The third-order valence-corrected chi connectivity index (χ3v) is 4.29. The quantitative estimate of drug-likeness (QED) is 0.868. The summed E-state index contributed by atoms with van der Waals surface area (Å²) < 4.78 is 7.48. The van der Waals surface area contributed by atoms with E-state index in [-0.39, 0.29) is 0 Å². The van der Waals surface area contributed by atoms with Gasteiger partial charge in [-0.15, -0.1) is 0 Å². The van der Waals surface area contributed by atoms with Crippen molar-refractivity contribution in [3.63, 3.8) is 0 Å². The Labute approximate surface area is 130 Å². The number of rotatable bonds is 6. The maximum absolute atomic E-state index is 5.70. The van der Waals surface area contributed by atoms with Crippen LogP contribution in [0.5, 0.6) is 0 Å². The van der Waals surface area contributed by atoms with Crippen LogP contribution in [0.4, 0.5) is 5.82 Å². The molecule has 6 nitrogen and oxygen atoms in total. The van der Waals surface area contributed by atoms with E-state index < -0.39 is 0 Å². The van der Waals surface area contributed by atoms with Crippen molar-refractivity contribution >= 4 is 5.82 Å². The molecule has 0 amide bonds. The molecule has 0 radical (unpaired) electrons. The minimum atomic E-state index is 0.298. The first-order valence-corrected chi connectivity index (χ1v) is 7.69. The number of nitrogens with two attached hydrogens (primary N) is 1. The molecular weight excluding hydrogens is 278 g/mol. The van der Waals surface area contributed by atoms with Gasteiger partial charge < -0.3 is 10.5 Å². The molecule has 1 fully saturated rings. The van der Waals surface area contributed by atoms with Crippen molar-refractivity contribution in [1.82, 2.24) is 19.7 Å². The maximum Gasteiger partial charge on any atom is 0.145 e. The number of methoxy groups -OCH3 is 1. The zero-order chi connectivity index (χ0) is 15.4. The number of ether oxygens (including phenoxy) is 1. The standard InChI is InChI=1S/C16H23N5O/c1-22-15-9-14(11-21-8-5-16(17)19-21)20(12-15)7-4-13-3-2-6-18-10-13/h2-3,5-6,8,10,14-15H,4,7,9,11-12H2,1H3,(H2,17,19)/t14-,15+/m0/s1. The number of nitrogen functional groups attached to an aromatic ring is 1. The first kappa shape index (κ1) is 15.0. The summed E-state index contributed by atoms with van der Waals surface area (Å²) in [7, 11) is 1.79. The molecule has 22 heavy (non-hydrogen) atoms. The van der Waals surface area contributed by atoms with Gasteiger partial charge in [-0.1, -0.05) is 6.07 Å². The lowest BCUT2D eigenvalue weighted by Crippen LogP contribution is -2.35.